The van der Waals surface area contributed by atoms with Gasteiger partial charge in [-0.3, -0.25) is 4.98 Å². The lowest BCUT2D eigenvalue weighted by molar-refractivity contribution is 1.00. The number of pyridine rings is 1. The van der Waals surface area contributed by atoms with Crippen LogP contribution in [0.4, 0.5) is 5.82 Å². The van der Waals surface area contributed by atoms with E-state index in [0.717, 1.165) is 39.1 Å². The summed E-state index contributed by atoms with van der Waals surface area (Å²) in [7, 11) is 1.85. The molecule has 0 fully saturated rings. The van der Waals surface area contributed by atoms with Crippen LogP contribution in [-0.2, 0) is 0 Å². The zero-order valence-electron chi connectivity index (χ0n) is 11.8. The van der Waals surface area contributed by atoms with Gasteiger partial charge in [-0.25, -0.2) is 0 Å². The normalized spacial score (nSPS) is 10.8. The van der Waals surface area contributed by atoms with Gasteiger partial charge in [0.05, 0.1) is 11.2 Å². The fraction of sp³-hybridized carbons (Fsp3) is 0.188. The van der Waals surface area contributed by atoms with E-state index in [1.54, 1.807) is 0 Å². The molecule has 0 aliphatic rings. The fourth-order valence-electron chi connectivity index (χ4n) is 2.32. The van der Waals surface area contributed by atoms with Crippen molar-refractivity contribution in [3.63, 3.8) is 0 Å². The maximum Gasteiger partial charge on any atom is 0.151 e. The first-order valence-corrected chi connectivity index (χ1v) is 6.57. The van der Waals surface area contributed by atoms with Gasteiger partial charge in [-0.15, -0.1) is 10.2 Å². The van der Waals surface area contributed by atoms with Crippen LogP contribution in [0.15, 0.2) is 36.5 Å². The van der Waals surface area contributed by atoms with Crippen LogP contribution in [0.1, 0.15) is 11.1 Å². The van der Waals surface area contributed by atoms with Crippen molar-refractivity contribution in [3.05, 3.63) is 47.7 Å². The number of anilines is 1. The number of aromatic nitrogens is 3. The maximum atomic E-state index is 4.49. The summed E-state index contributed by atoms with van der Waals surface area (Å²) in [5.41, 5.74) is 5.12. The Morgan fingerprint density at radius 1 is 1.00 bits per heavy atom. The summed E-state index contributed by atoms with van der Waals surface area (Å²) in [6, 6.07) is 10.2. The first kappa shape index (κ1) is 12.5. The number of fused-ring (bicyclic) bond motifs is 1. The lowest BCUT2D eigenvalue weighted by atomic mass is 10.0. The maximum absolute atomic E-state index is 4.49. The third kappa shape index (κ3) is 1.99. The SMILES string of the molecule is CNc1nnc(-c2cnc3ccccc3c2)c(C)c1C. The standard InChI is InChI=1S/C16H16N4/c1-10-11(2)16(17-3)20-19-15(10)13-8-12-6-4-5-7-14(12)18-9-13/h4-9H,1-3H3,(H,17,20). The number of benzene rings is 1. The summed E-state index contributed by atoms with van der Waals surface area (Å²) in [5.74, 6) is 0.819. The molecule has 100 valence electrons. The van der Waals surface area contributed by atoms with Gasteiger partial charge in [0.15, 0.2) is 5.82 Å². The summed E-state index contributed by atoms with van der Waals surface area (Å²) >= 11 is 0. The molecule has 2 aromatic heterocycles. The molecular formula is C16H16N4. The molecule has 0 saturated heterocycles. The Hall–Kier alpha value is -2.49. The molecule has 0 radical (unpaired) electrons. The molecule has 1 aromatic carbocycles. The summed E-state index contributed by atoms with van der Waals surface area (Å²) in [5, 5.41) is 12.7. The van der Waals surface area contributed by atoms with Crippen molar-refractivity contribution in [2.75, 3.05) is 12.4 Å². The third-order valence-electron chi connectivity index (χ3n) is 3.62. The smallest absolute Gasteiger partial charge is 0.151 e. The van der Waals surface area contributed by atoms with E-state index in [1.165, 1.54) is 0 Å². The highest BCUT2D eigenvalue weighted by molar-refractivity contribution is 5.83. The van der Waals surface area contributed by atoms with Gasteiger partial charge in [0, 0.05) is 24.2 Å². The van der Waals surface area contributed by atoms with E-state index in [1.807, 2.05) is 38.4 Å². The first-order chi connectivity index (χ1) is 9.70. The van der Waals surface area contributed by atoms with Crippen molar-refractivity contribution in [2.45, 2.75) is 13.8 Å². The lowest BCUT2D eigenvalue weighted by Crippen LogP contribution is -2.02. The highest BCUT2D eigenvalue weighted by atomic mass is 15.2. The minimum Gasteiger partial charge on any atom is -0.371 e. The van der Waals surface area contributed by atoms with Gasteiger partial charge in [-0.2, -0.15) is 0 Å². The molecule has 0 atom stereocenters. The van der Waals surface area contributed by atoms with E-state index in [0.29, 0.717) is 0 Å². The van der Waals surface area contributed by atoms with Gasteiger partial charge in [0.2, 0.25) is 0 Å². The van der Waals surface area contributed by atoms with E-state index in [9.17, 15) is 0 Å². The molecule has 0 amide bonds. The van der Waals surface area contributed by atoms with Crippen LogP contribution in [-0.4, -0.2) is 22.2 Å². The molecular weight excluding hydrogens is 248 g/mol. The van der Waals surface area contributed by atoms with E-state index >= 15 is 0 Å². The molecule has 0 aliphatic heterocycles. The predicted octanol–water partition coefficient (Wildman–Crippen LogP) is 3.35. The van der Waals surface area contributed by atoms with Crippen molar-refractivity contribution in [1.29, 1.82) is 0 Å². The van der Waals surface area contributed by atoms with Gasteiger partial charge in [-0.1, -0.05) is 18.2 Å². The van der Waals surface area contributed by atoms with Crippen LogP contribution < -0.4 is 5.32 Å². The Bertz CT molecular complexity index is 781. The third-order valence-corrected chi connectivity index (χ3v) is 3.62. The van der Waals surface area contributed by atoms with Gasteiger partial charge in [0.25, 0.3) is 0 Å². The molecule has 1 N–H and O–H groups in total. The Kier molecular flexibility index (Phi) is 3.06. The van der Waals surface area contributed by atoms with Crippen molar-refractivity contribution in [2.24, 2.45) is 0 Å². The largest absolute Gasteiger partial charge is 0.371 e. The van der Waals surface area contributed by atoms with E-state index in [4.69, 9.17) is 0 Å². The molecule has 0 spiro atoms. The molecule has 0 unspecified atom stereocenters. The average Bonchev–Trinajstić information content (AvgIpc) is 2.49. The minimum atomic E-state index is 0.819. The molecule has 3 rings (SSSR count). The van der Waals surface area contributed by atoms with E-state index < -0.39 is 0 Å². The number of hydrogen-bond acceptors (Lipinski definition) is 4. The molecule has 0 aliphatic carbocycles. The van der Waals surface area contributed by atoms with Crippen LogP contribution in [0.25, 0.3) is 22.2 Å². The van der Waals surface area contributed by atoms with Crippen molar-refractivity contribution in [3.8, 4) is 11.3 Å². The Morgan fingerprint density at radius 2 is 1.80 bits per heavy atom. The monoisotopic (exact) mass is 264 g/mol. The van der Waals surface area contributed by atoms with E-state index in [2.05, 4.69) is 39.6 Å². The molecule has 3 aromatic rings. The molecule has 2 heterocycles. The molecule has 4 nitrogen and oxygen atoms in total. The number of rotatable bonds is 2. The molecule has 0 saturated carbocycles. The minimum absolute atomic E-state index is 0.819. The quantitative estimate of drug-likeness (QED) is 0.771. The van der Waals surface area contributed by atoms with Crippen LogP contribution in [0.5, 0.6) is 0 Å². The van der Waals surface area contributed by atoms with Crippen LogP contribution in [0.3, 0.4) is 0 Å². The Labute approximate surface area is 117 Å². The second-order valence-electron chi connectivity index (χ2n) is 4.81. The highest BCUT2D eigenvalue weighted by Gasteiger charge is 2.11. The first-order valence-electron chi connectivity index (χ1n) is 6.57. The summed E-state index contributed by atoms with van der Waals surface area (Å²) < 4.78 is 0. The highest BCUT2D eigenvalue weighted by Crippen LogP contribution is 2.27. The predicted molar refractivity (Wildman–Crippen MR) is 81.8 cm³/mol. The topological polar surface area (TPSA) is 50.7 Å². The van der Waals surface area contributed by atoms with Crippen molar-refractivity contribution in [1.82, 2.24) is 15.2 Å². The van der Waals surface area contributed by atoms with Gasteiger partial charge < -0.3 is 5.32 Å². The lowest BCUT2D eigenvalue weighted by Gasteiger charge is -2.11. The van der Waals surface area contributed by atoms with Crippen LogP contribution >= 0.6 is 0 Å². The number of para-hydroxylation sites is 1. The second kappa shape index (κ2) is 4.89. The Balaban J connectivity index is 2.18. The van der Waals surface area contributed by atoms with Crippen molar-refractivity contribution >= 4 is 16.7 Å². The number of nitrogens with zero attached hydrogens (tertiary/aromatic N) is 3. The molecule has 0 bridgehead atoms. The van der Waals surface area contributed by atoms with Gasteiger partial charge in [0.1, 0.15) is 0 Å². The van der Waals surface area contributed by atoms with E-state index in [-0.39, 0.29) is 0 Å². The van der Waals surface area contributed by atoms with Gasteiger partial charge in [-0.05, 0) is 37.1 Å². The van der Waals surface area contributed by atoms with Gasteiger partial charge >= 0.3 is 0 Å². The van der Waals surface area contributed by atoms with Crippen molar-refractivity contribution < 1.29 is 0 Å². The summed E-state index contributed by atoms with van der Waals surface area (Å²) in [6.07, 6.45) is 1.86. The molecule has 4 heteroatoms. The second-order valence-corrected chi connectivity index (χ2v) is 4.81. The summed E-state index contributed by atoms with van der Waals surface area (Å²) in [6.45, 7) is 4.11. The summed E-state index contributed by atoms with van der Waals surface area (Å²) in [4.78, 5) is 4.49. The molecule has 20 heavy (non-hydrogen) atoms. The van der Waals surface area contributed by atoms with Crippen LogP contribution in [0, 0.1) is 13.8 Å². The average molecular weight is 264 g/mol. The number of hydrogen-bond donors (Lipinski definition) is 1. The zero-order chi connectivity index (χ0) is 14.1. The van der Waals surface area contributed by atoms with Crippen LogP contribution in [0.2, 0.25) is 0 Å². The number of nitrogens with one attached hydrogen (secondary N) is 1. The zero-order valence-corrected chi connectivity index (χ0v) is 11.8. The fourth-order valence-corrected chi connectivity index (χ4v) is 2.32. The Morgan fingerprint density at radius 3 is 2.60 bits per heavy atom.